The molecule has 2 aromatic carbocycles. The van der Waals surface area contributed by atoms with E-state index in [1.54, 1.807) is 0 Å². The molecule has 166 valence electrons. The Hall–Kier alpha value is -3.61. The first-order valence-corrected chi connectivity index (χ1v) is 10.7. The number of hydrogen-bond donors (Lipinski definition) is 3. The van der Waals surface area contributed by atoms with Crippen LogP contribution in [0.5, 0.6) is 0 Å². The maximum atomic E-state index is 12.5. The fourth-order valence-electron chi connectivity index (χ4n) is 4.44. The summed E-state index contributed by atoms with van der Waals surface area (Å²) in [5.41, 5.74) is 5.51. The van der Waals surface area contributed by atoms with E-state index in [1.165, 1.54) is 0 Å². The predicted molar refractivity (Wildman–Crippen MR) is 119 cm³/mol. The monoisotopic (exact) mass is 434 g/mol. The van der Waals surface area contributed by atoms with Crippen LogP contribution in [0, 0.1) is 5.92 Å². The standard InChI is InChI=1S/C25H26N2O5/c1-15-10-16(11-15)13-26-24(30)22(12-23(28)29)27-25(31)32-14-21-19-8-4-2-6-17(19)18-7-3-5-9-20(18)21/h2-9,16,21-22H,1,10-14H2,(H,26,30)(H,27,31)(H,28,29). The number of alkyl carbamates (subject to hydrolysis) is 1. The molecular weight excluding hydrogens is 408 g/mol. The molecule has 0 bridgehead atoms. The molecule has 4 rings (SSSR count). The van der Waals surface area contributed by atoms with Crippen molar-refractivity contribution in [2.75, 3.05) is 13.2 Å². The van der Waals surface area contributed by atoms with E-state index in [9.17, 15) is 14.4 Å². The molecule has 0 radical (unpaired) electrons. The summed E-state index contributed by atoms with van der Waals surface area (Å²) in [4.78, 5) is 36.1. The van der Waals surface area contributed by atoms with E-state index in [2.05, 4.69) is 17.2 Å². The number of carbonyl (C=O) groups excluding carboxylic acids is 2. The van der Waals surface area contributed by atoms with Crippen LogP contribution in [0.2, 0.25) is 0 Å². The third-order valence-electron chi connectivity index (χ3n) is 6.05. The van der Waals surface area contributed by atoms with Crippen LogP contribution in [0.4, 0.5) is 4.79 Å². The maximum absolute atomic E-state index is 12.5. The van der Waals surface area contributed by atoms with E-state index < -0.39 is 30.4 Å². The van der Waals surface area contributed by atoms with Crippen molar-refractivity contribution in [3.8, 4) is 11.1 Å². The molecule has 1 atom stereocenters. The Morgan fingerprint density at radius 2 is 1.62 bits per heavy atom. The van der Waals surface area contributed by atoms with Gasteiger partial charge in [-0.1, -0.05) is 60.7 Å². The van der Waals surface area contributed by atoms with Crippen LogP contribution in [0.15, 0.2) is 60.7 Å². The number of ether oxygens (including phenoxy) is 1. The van der Waals surface area contributed by atoms with Crippen molar-refractivity contribution in [3.05, 3.63) is 71.8 Å². The molecular formula is C25H26N2O5. The zero-order valence-electron chi connectivity index (χ0n) is 17.7. The van der Waals surface area contributed by atoms with Gasteiger partial charge in [0.2, 0.25) is 5.91 Å². The molecule has 0 heterocycles. The molecule has 7 nitrogen and oxygen atoms in total. The SMILES string of the molecule is C=C1CC(CNC(=O)C(CC(=O)O)NC(=O)OCC2c3ccccc3-c3ccccc32)C1. The van der Waals surface area contributed by atoms with Crippen LogP contribution in [0.3, 0.4) is 0 Å². The third kappa shape index (κ3) is 4.66. The molecule has 2 aliphatic rings. The summed E-state index contributed by atoms with van der Waals surface area (Å²) in [6.07, 6.45) is 0.367. The van der Waals surface area contributed by atoms with E-state index in [4.69, 9.17) is 9.84 Å². The first-order valence-electron chi connectivity index (χ1n) is 10.7. The van der Waals surface area contributed by atoms with E-state index in [0.29, 0.717) is 12.5 Å². The molecule has 32 heavy (non-hydrogen) atoms. The fourth-order valence-corrected chi connectivity index (χ4v) is 4.44. The highest BCUT2D eigenvalue weighted by atomic mass is 16.5. The van der Waals surface area contributed by atoms with Crippen molar-refractivity contribution in [1.82, 2.24) is 10.6 Å². The highest BCUT2D eigenvalue weighted by Gasteiger charge is 2.30. The summed E-state index contributed by atoms with van der Waals surface area (Å²) >= 11 is 0. The summed E-state index contributed by atoms with van der Waals surface area (Å²) in [6.45, 7) is 4.39. The summed E-state index contributed by atoms with van der Waals surface area (Å²) in [5.74, 6) is -1.52. The highest BCUT2D eigenvalue weighted by molar-refractivity contribution is 5.89. The van der Waals surface area contributed by atoms with Crippen LogP contribution < -0.4 is 10.6 Å². The van der Waals surface area contributed by atoms with Crippen molar-refractivity contribution in [3.63, 3.8) is 0 Å². The second-order valence-corrected chi connectivity index (χ2v) is 8.39. The number of carboxylic acid groups (broad SMARTS) is 1. The highest BCUT2D eigenvalue weighted by Crippen LogP contribution is 2.44. The lowest BCUT2D eigenvalue weighted by Gasteiger charge is -2.29. The Balaban J connectivity index is 1.36. The summed E-state index contributed by atoms with van der Waals surface area (Å²) in [7, 11) is 0. The maximum Gasteiger partial charge on any atom is 0.407 e. The average Bonchev–Trinajstić information content (AvgIpc) is 3.07. The van der Waals surface area contributed by atoms with Gasteiger partial charge in [-0.15, -0.1) is 0 Å². The van der Waals surface area contributed by atoms with Crippen molar-refractivity contribution < 1.29 is 24.2 Å². The van der Waals surface area contributed by atoms with Crippen LogP contribution in [0.1, 0.15) is 36.3 Å². The minimum Gasteiger partial charge on any atom is -0.481 e. The number of carboxylic acids is 1. The first-order chi connectivity index (χ1) is 15.4. The molecule has 1 saturated carbocycles. The van der Waals surface area contributed by atoms with Gasteiger partial charge in [-0.05, 0) is 41.0 Å². The van der Waals surface area contributed by atoms with Gasteiger partial charge in [0.25, 0.3) is 0 Å². The molecule has 0 saturated heterocycles. The summed E-state index contributed by atoms with van der Waals surface area (Å²) in [6, 6.07) is 14.7. The molecule has 2 aromatic rings. The van der Waals surface area contributed by atoms with Crippen molar-refractivity contribution in [2.45, 2.75) is 31.2 Å². The van der Waals surface area contributed by atoms with Crippen LogP contribution in [-0.2, 0) is 14.3 Å². The number of rotatable bonds is 8. The number of benzene rings is 2. The zero-order chi connectivity index (χ0) is 22.7. The number of allylic oxidation sites excluding steroid dienone is 1. The van der Waals surface area contributed by atoms with Crippen LogP contribution >= 0.6 is 0 Å². The molecule has 7 heteroatoms. The quantitative estimate of drug-likeness (QED) is 0.552. The summed E-state index contributed by atoms with van der Waals surface area (Å²) < 4.78 is 5.44. The fraction of sp³-hybridized carbons (Fsp3) is 0.320. The van der Waals surface area contributed by atoms with Crippen LogP contribution in [-0.4, -0.2) is 42.3 Å². The molecule has 0 spiro atoms. The lowest BCUT2D eigenvalue weighted by Crippen LogP contribution is -2.49. The number of carbonyl (C=O) groups is 3. The third-order valence-corrected chi connectivity index (χ3v) is 6.05. The lowest BCUT2D eigenvalue weighted by atomic mass is 9.81. The Kier molecular flexibility index (Phi) is 6.25. The number of nitrogens with one attached hydrogen (secondary N) is 2. The second kappa shape index (κ2) is 9.26. The average molecular weight is 434 g/mol. The van der Waals surface area contributed by atoms with Gasteiger partial charge < -0.3 is 20.5 Å². The largest absolute Gasteiger partial charge is 0.481 e. The van der Waals surface area contributed by atoms with E-state index >= 15 is 0 Å². The number of fused-ring (bicyclic) bond motifs is 3. The molecule has 3 N–H and O–H groups in total. The van der Waals surface area contributed by atoms with Crippen molar-refractivity contribution >= 4 is 18.0 Å². The summed E-state index contributed by atoms with van der Waals surface area (Å²) in [5, 5.41) is 14.3. The minimum atomic E-state index is -1.20. The molecule has 2 amide bonds. The van der Waals surface area contributed by atoms with Gasteiger partial charge in [-0.25, -0.2) is 4.79 Å². The smallest absolute Gasteiger partial charge is 0.407 e. The normalized spacial score (nSPS) is 15.8. The second-order valence-electron chi connectivity index (χ2n) is 8.39. The van der Waals surface area contributed by atoms with Gasteiger partial charge >= 0.3 is 12.1 Å². The minimum absolute atomic E-state index is 0.0887. The molecule has 0 aliphatic heterocycles. The van der Waals surface area contributed by atoms with Gasteiger partial charge in [0.1, 0.15) is 12.6 Å². The Morgan fingerprint density at radius 1 is 1.03 bits per heavy atom. The van der Waals surface area contributed by atoms with Gasteiger partial charge in [-0.2, -0.15) is 0 Å². The zero-order valence-corrected chi connectivity index (χ0v) is 17.7. The first kappa shape index (κ1) is 21.6. The van der Waals surface area contributed by atoms with Crippen LogP contribution in [0.25, 0.3) is 11.1 Å². The van der Waals surface area contributed by atoms with Gasteiger partial charge in [0, 0.05) is 12.5 Å². The number of aliphatic carboxylic acids is 1. The number of amides is 2. The number of hydrogen-bond acceptors (Lipinski definition) is 4. The molecule has 0 aromatic heterocycles. The predicted octanol–water partition coefficient (Wildman–Crippen LogP) is 3.45. The van der Waals surface area contributed by atoms with Gasteiger partial charge in [-0.3, -0.25) is 9.59 Å². The lowest BCUT2D eigenvalue weighted by molar-refractivity contribution is -0.139. The van der Waals surface area contributed by atoms with E-state index in [-0.39, 0.29) is 12.5 Å². The molecule has 1 unspecified atom stereocenters. The van der Waals surface area contributed by atoms with Crippen molar-refractivity contribution in [1.29, 1.82) is 0 Å². The molecule has 1 fully saturated rings. The van der Waals surface area contributed by atoms with Gasteiger partial charge in [0.05, 0.1) is 6.42 Å². The van der Waals surface area contributed by atoms with E-state index in [0.717, 1.165) is 40.7 Å². The Bertz CT molecular complexity index is 1010. The van der Waals surface area contributed by atoms with E-state index in [1.807, 2.05) is 48.5 Å². The van der Waals surface area contributed by atoms with Gasteiger partial charge in [0.15, 0.2) is 0 Å². The molecule has 2 aliphatic carbocycles. The topological polar surface area (TPSA) is 105 Å². The van der Waals surface area contributed by atoms with Crippen molar-refractivity contribution in [2.24, 2.45) is 5.92 Å². The Labute approximate surface area is 186 Å². The Morgan fingerprint density at radius 3 is 2.19 bits per heavy atom.